The van der Waals surface area contributed by atoms with Crippen molar-refractivity contribution in [2.75, 3.05) is 45.2 Å². The van der Waals surface area contributed by atoms with Crippen molar-refractivity contribution in [3.63, 3.8) is 0 Å². The Morgan fingerprint density at radius 3 is 2.74 bits per heavy atom. The molecule has 4 heterocycles. The van der Waals surface area contributed by atoms with Gasteiger partial charge in [-0.15, -0.1) is 0 Å². The lowest BCUT2D eigenvalue weighted by molar-refractivity contribution is -0.138. The number of benzene rings is 2. The number of amides is 2. The SMILES string of the molecule is CCc1cc(-c2n[nH]c3ccc(NC(=O)[C@]4(OC)CCN(CC(=O)N5CC=C(c6cccc(C)c6)CC5)C4)cc23)ccn1. The first-order valence-corrected chi connectivity index (χ1v) is 14.9. The van der Waals surface area contributed by atoms with E-state index in [9.17, 15) is 9.59 Å². The van der Waals surface area contributed by atoms with E-state index in [1.165, 1.54) is 16.7 Å². The van der Waals surface area contributed by atoms with Crippen LogP contribution in [0.4, 0.5) is 5.69 Å². The first-order chi connectivity index (χ1) is 20.9. The molecule has 2 N–H and O–H groups in total. The molecular weight excluding hydrogens is 540 g/mol. The van der Waals surface area contributed by atoms with E-state index in [2.05, 4.69) is 64.7 Å². The maximum atomic E-state index is 13.6. The van der Waals surface area contributed by atoms with Crippen molar-refractivity contribution >= 4 is 34.0 Å². The number of hydrogen-bond acceptors (Lipinski definition) is 6. The monoisotopic (exact) mass is 578 g/mol. The minimum atomic E-state index is -1.03. The van der Waals surface area contributed by atoms with Gasteiger partial charge in [-0.3, -0.25) is 24.6 Å². The summed E-state index contributed by atoms with van der Waals surface area (Å²) in [4.78, 5) is 35.1. The predicted molar refractivity (Wildman–Crippen MR) is 168 cm³/mol. The molecule has 0 spiro atoms. The highest BCUT2D eigenvalue weighted by Crippen LogP contribution is 2.31. The molecule has 9 heteroatoms. The number of methoxy groups -OCH3 is 1. The lowest BCUT2D eigenvalue weighted by Crippen LogP contribution is -2.48. The Morgan fingerprint density at radius 2 is 1.98 bits per heavy atom. The van der Waals surface area contributed by atoms with Gasteiger partial charge in [-0.2, -0.15) is 5.10 Å². The molecule has 1 fully saturated rings. The summed E-state index contributed by atoms with van der Waals surface area (Å²) in [6.07, 6.45) is 6.14. The Hall–Kier alpha value is -4.34. The Kier molecular flexibility index (Phi) is 8.10. The molecule has 6 rings (SSSR count). The number of pyridine rings is 1. The van der Waals surface area contributed by atoms with Gasteiger partial charge in [0.15, 0.2) is 5.60 Å². The van der Waals surface area contributed by atoms with Gasteiger partial charge in [0.2, 0.25) is 5.91 Å². The molecule has 0 radical (unpaired) electrons. The minimum Gasteiger partial charge on any atom is -0.367 e. The smallest absolute Gasteiger partial charge is 0.258 e. The van der Waals surface area contributed by atoms with E-state index >= 15 is 0 Å². The number of ether oxygens (including phenoxy) is 1. The van der Waals surface area contributed by atoms with Crippen LogP contribution in [0, 0.1) is 6.92 Å². The van der Waals surface area contributed by atoms with E-state index in [1.54, 1.807) is 13.3 Å². The number of carbonyl (C=O) groups is 2. The summed E-state index contributed by atoms with van der Waals surface area (Å²) < 4.78 is 5.84. The van der Waals surface area contributed by atoms with Gasteiger partial charge in [-0.25, -0.2) is 0 Å². The highest BCUT2D eigenvalue weighted by Gasteiger charge is 2.45. The summed E-state index contributed by atoms with van der Waals surface area (Å²) >= 11 is 0. The highest BCUT2D eigenvalue weighted by molar-refractivity contribution is 6.01. The fourth-order valence-corrected chi connectivity index (χ4v) is 6.11. The molecule has 0 unspecified atom stereocenters. The summed E-state index contributed by atoms with van der Waals surface area (Å²) in [6.45, 7) is 6.69. The number of aromatic amines is 1. The van der Waals surface area contributed by atoms with Crippen LogP contribution in [-0.4, -0.2) is 82.2 Å². The molecule has 2 aromatic heterocycles. The summed E-state index contributed by atoms with van der Waals surface area (Å²) in [6, 6.07) is 18.2. The van der Waals surface area contributed by atoms with Crippen LogP contribution in [0.1, 0.15) is 36.6 Å². The zero-order chi connectivity index (χ0) is 30.0. The van der Waals surface area contributed by atoms with Crippen molar-refractivity contribution in [2.24, 2.45) is 0 Å². The third-order valence-electron chi connectivity index (χ3n) is 8.70. The van der Waals surface area contributed by atoms with Crippen LogP contribution >= 0.6 is 0 Å². The fraction of sp³-hybridized carbons (Fsp3) is 0.353. The maximum absolute atomic E-state index is 13.6. The molecular formula is C34H38N6O3. The predicted octanol–water partition coefficient (Wildman–Crippen LogP) is 4.84. The molecule has 0 saturated carbocycles. The van der Waals surface area contributed by atoms with Crippen molar-refractivity contribution in [1.29, 1.82) is 0 Å². The molecule has 0 aliphatic carbocycles. The lowest BCUT2D eigenvalue weighted by atomic mass is 9.98. The van der Waals surface area contributed by atoms with Crippen molar-refractivity contribution in [3.8, 4) is 11.3 Å². The number of nitrogens with zero attached hydrogens (tertiary/aromatic N) is 4. The van der Waals surface area contributed by atoms with Crippen molar-refractivity contribution < 1.29 is 14.3 Å². The third kappa shape index (κ3) is 5.96. The second kappa shape index (κ2) is 12.1. The van der Waals surface area contributed by atoms with Gasteiger partial charge in [0.05, 0.1) is 12.1 Å². The maximum Gasteiger partial charge on any atom is 0.258 e. The van der Waals surface area contributed by atoms with Crippen LogP contribution in [0.3, 0.4) is 0 Å². The molecule has 2 aliphatic heterocycles. The highest BCUT2D eigenvalue weighted by atomic mass is 16.5. The standard InChI is InChI=1S/C34H38N6O3/c1-4-27-19-26(10-14-35-27)32-29-20-28(8-9-30(29)37-38-32)36-33(42)34(43-3)13-17-39(22-34)21-31(41)40-15-11-24(12-16-40)25-7-5-6-23(2)18-25/h5-11,14,18-20H,4,12-13,15-17,21-22H2,1-3H3,(H,36,42)(H,37,38)/t34-/m0/s1. The normalized spacial score (nSPS) is 19.0. The summed E-state index contributed by atoms with van der Waals surface area (Å²) in [5.74, 6) is -0.137. The average Bonchev–Trinajstić information content (AvgIpc) is 3.66. The van der Waals surface area contributed by atoms with Crippen LogP contribution < -0.4 is 5.32 Å². The minimum absolute atomic E-state index is 0.0761. The van der Waals surface area contributed by atoms with Gasteiger partial charge in [0.1, 0.15) is 5.69 Å². The molecule has 1 atom stereocenters. The molecule has 2 aromatic carbocycles. The van der Waals surface area contributed by atoms with Crippen molar-refractivity contribution in [2.45, 2.75) is 38.7 Å². The van der Waals surface area contributed by atoms with E-state index in [0.29, 0.717) is 38.3 Å². The summed E-state index contributed by atoms with van der Waals surface area (Å²) in [5, 5.41) is 11.6. The van der Waals surface area contributed by atoms with Crippen LogP contribution in [-0.2, 0) is 20.7 Å². The Balaban J connectivity index is 1.10. The van der Waals surface area contributed by atoms with Gasteiger partial charge in [0.25, 0.3) is 5.91 Å². The quantitative estimate of drug-likeness (QED) is 0.310. The van der Waals surface area contributed by atoms with Gasteiger partial charge in [-0.1, -0.05) is 42.8 Å². The Bertz CT molecular complexity index is 1690. The number of nitrogens with one attached hydrogen (secondary N) is 2. The van der Waals surface area contributed by atoms with Gasteiger partial charge in [-0.05, 0) is 67.7 Å². The second-order valence-corrected chi connectivity index (χ2v) is 11.5. The average molecular weight is 579 g/mol. The summed E-state index contributed by atoms with van der Waals surface area (Å²) in [5.41, 5.74) is 7.05. The number of fused-ring (bicyclic) bond motifs is 1. The van der Waals surface area contributed by atoms with E-state index in [4.69, 9.17) is 4.74 Å². The summed E-state index contributed by atoms with van der Waals surface area (Å²) in [7, 11) is 1.57. The number of hydrogen-bond donors (Lipinski definition) is 2. The second-order valence-electron chi connectivity index (χ2n) is 11.5. The molecule has 1 saturated heterocycles. The van der Waals surface area contributed by atoms with Gasteiger partial charge in [0, 0.05) is 61.8 Å². The third-order valence-corrected chi connectivity index (χ3v) is 8.70. The number of H-pyrrole nitrogens is 1. The topological polar surface area (TPSA) is 103 Å². The lowest BCUT2D eigenvalue weighted by Gasteiger charge is -2.30. The van der Waals surface area contributed by atoms with E-state index in [1.807, 2.05) is 40.1 Å². The first-order valence-electron chi connectivity index (χ1n) is 14.9. The first kappa shape index (κ1) is 28.8. The number of aromatic nitrogens is 3. The number of rotatable bonds is 8. The molecule has 0 bridgehead atoms. The van der Waals surface area contributed by atoms with Crippen LogP contribution in [0.25, 0.3) is 27.7 Å². The number of anilines is 1. The molecule has 9 nitrogen and oxygen atoms in total. The van der Waals surface area contributed by atoms with Gasteiger partial charge < -0.3 is 15.0 Å². The van der Waals surface area contributed by atoms with Crippen LogP contribution in [0.2, 0.25) is 0 Å². The molecule has 2 amide bonds. The Labute approximate surface area is 251 Å². The zero-order valence-corrected chi connectivity index (χ0v) is 25.0. The van der Waals surface area contributed by atoms with E-state index in [-0.39, 0.29) is 18.4 Å². The number of aryl methyl sites for hydroxylation is 2. The van der Waals surface area contributed by atoms with E-state index < -0.39 is 5.60 Å². The van der Waals surface area contributed by atoms with Crippen LogP contribution in [0.5, 0.6) is 0 Å². The Morgan fingerprint density at radius 1 is 1.09 bits per heavy atom. The molecule has 222 valence electrons. The van der Waals surface area contributed by atoms with Crippen molar-refractivity contribution in [1.82, 2.24) is 25.0 Å². The fourth-order valence-electron chi connectivity index (χ4n) is 6.11. The number of carbonyl (C=O) groups excluding carboxylic acids is 2. The largest absolute Gasteiger partial charge is 0.367 e. The van der Waals surface area contributed by atoms with Crippen molar-refractivity contribution in [3.05, 3.63) is 83.7 Å². The molecule has 2 aliphatic rings. The molecule has 4 aromatic rings. The number of likely N-dealkylation sites (tertiary alicyclic amines) is 1. The van der Waals surface area contributed by atoms with Gasteiger partial charge >= 0.3 is 0 Å². The van der Waals surface area contributed by atoms with Crippen LogP contribution in [0.15, 0.2) is 66.9 Å². The zero-order valence-electron chi connectivity index (χ0n) is 25.0. The van der Waals surface area contributed by atoms with E-state index in [0.717, 1.165) is 40.7 Å². The molecule has 43 heavy (non-hydrogen) atoms.